The predicted molar refractivity (Wildman–Crippen MR) is 133 cm³/mol. The molecule has 0 aliphatic rings. The van der Waals surface area contributed by atoms with E-state index in [9.17, 15) is 18.8 Å². The molecule has 1 heterocycles. The first-order valence-electron chi connectivity index (χ1n) is 11.7. The van der Waals surface area contributed by atoms with Gasteiger partial charge in [-0.15, -0.1) is 0 Å². The van der Waals surface area contributed by atoms with Crippen LogP contribution in [-0.4, -0.2) is 46.9 Å². The third kappa shape index (κ3) is 7.43. The molecule has 36 heavy (non-hydrogen) atoms. The first-order valence-corrected chi connectivity index (χ1v) is 11.7. The van der Waals surface area contributed by atoms with Crippen molar-refractivity contribution < 1.29 is 27.9 Å². The van der Waals surface area contributed by atoms with Gasteiger partial charge in [-0.1, -0.05) is 12.1 Å². The Hall–Kier alpha value is -4.14. The zero-order valence-electron chi connectivity index (χ0n) is 20.6. The van der Waals surface area contributed by atoms with Crippen LogP contribution in [0.3, 0.4) is 0 Å². The number of halogens is 1. The number of hydrogen-bond donors (Lipinski definition) is 1. The molecule has 0 unspecified atom stereocenters. The number of amides is 3. The van der Waals surface area contributed by atoms with Gasteiger partial charge >= 0.3 is 12.0 Å². The first-order chi connectivity index (χ1) is 17.3. The van der Waals surface area contributed by atoms with Crippen molar-refractivity contribution in [1.29, 1.82) is 0 Å². The summed E-state index contributed by atoms with van der Waals surface area (Å²) >= 11 is 0. The van der Waals surface area contributed by atoms with Crippen LogP contribution in [0.1, 0.15) is 42.5 Å². The van der Waals surface area contributed by atoms with Crippen molar-refractivity contribution in [3.05, 3.63) is 89.6 Å². The largest absolute Gasteiger partial charge is 0.467 e. The van der Waals surface area contributed by atoms with E-state index >= 15 is 0 Å². The third-order valence-corrected chi connectivity index (χ3v) is 5.40. The van der Waals surface area contributed by atoms with E-state index in [2.05, 4.69) is 5.32 Å². The highest BCUT2D eigenvalue weighted by molar-refractivity contribution is 5.94. The molecule has 8 nitrogen and oxygen atoms in total. The summed E-state index contributed by atoms with van der Waals surface area (Å²) in [7, 11) is 0. The second-order valence-corrected chi connectivity index (χ2v) is 8.41. The van der Waals surface area contributed by atoms with Crippen LogP contribution in [-0.2, 0) is 22.6 Å². The van der Waals surface area contributed by atoms with Crippen molar-refractivity contribution in [1.82, 2.24) is 9.80 Å². The SMILES string of the molecule is CCOC(=O)c1ccc(NC(=O)N(CC(=O)N(Cc2ccc(F)cc2)Cc2ccco2)C(C)C)cc1. The molecule has 3 amide bonds. The summed E-state index contributed by atoms with van der Waals surface area (Å²) in [5.41, 5.74) is 1.60. The normalized spacial score (nSPS) is 10.7. The van der Waals surface area contributed by atoms with E-state index < -0.39 is 12.0 Å². The Morgan fingerprint density at radius 3 is 2.28 bits per heavy atom. The summed E-state index contributed by atoms with van der Waals surface area (Å²) in [6, 6.07) is 15.0. The lowest BCUT2D eigenvalue weighted by molar-refractivity contribution is -0.133. The summed E-state index contributed by atoms with van der Waals surface area (Å²) in [6.07, 6.45) is 1.52. The summed E-state index contributed by atoms with van der Waals surface area (Å²) in [5, 5.41) is 2.77. The smallest absolute Gasteiger partial charge is 0.338 e. The molecule has 0 atom stereocenters. The maximum Gasteiger partial charge on any atom is 0.338 e. The third-order valence-electron chi connectivity index (χ3n) is 5.40. The van der Waals surface area contributed by atoms with Crippen molar-refractivity contribution in [2.24, 2.45) is 0 Å². The van der Waals surface area contributed by atoms with E-state index in [0.29, 0.717) is 17.0 Å². The fourth-order valence-electron chi connectivity index (χ4n) is 3.47. The van der Waals surface area contributed by atoms with Gasteiger partial charge in [-0.3, -0.25) is 4.79 Å². The Morgan fingerprint density at radius 1 is 1.00 bits per heavy atom. The number of nitrogens with one attached hydrogen (secondary N) is 1. The highest BCUT2D eigenvalue weighted by Crippen LogP contribution is 2.15. The molecule has 0 bridgehead atoms. The van der Waals surface area contributed by atoms with E-state index in [1.165, 1.54) is 23.3 Å². The second kappa shape index (κ2) is 12.5. The van der Waals surface area contributed by atoms with Crippen LogP contribution in [0.2, 0.25) is 0 Å². The highest BCUT2D eigenvalue weighted by atomic mass is 19.1. The van der Waals surface area contributed by atoms with Crippen LogP contribution in [0.15, 0.2) is 71.3 Å². The number of esters is 1. The minimum atomic E-state index is -0.457. The first kappa shape index (κ1) is 26.5. The van der Waals surface area contributed by atoms with E-state index in [0.717, 1.165) is 5.56 Å². The number of nitrogens with zero attached hydrogens (tertiary/aromatic N) is 2. The number of benzene rings is 2. The molecule has 9 heteroatoms. The van der Waals surface area contributed by atoms with E-state index in [1.807, 2.05) is 13.8 Å². The molecule has 3 rings (SSSR count). The minimum Gasteiger partial charge on any atom is -0.467 e. The maximum absolute atomic E-state index is 13.3. The van der Waals surface area contributed by atoms with Crippen molar-refractivity contribution in [3.63, 3.8) is 0 Å². The summed E-state index contributed by atoms with van der Waals surface area (Å²) in [6.45, 7) is 5.87. The zero-order chi connectivity index (χ0) is 26.1. The molecule has 3 aromatic rings. The van der Waals surface area contributed by atoms with Gasteiger partial charge in [0.25, 0.3) is 0 Å². The van der Waals surface area contributed by atoms with Gasteiger partial charge in [-0.25, -0.2) is 14.0 Å². The molecule has 0 spiro atoms. The lowest BCUT2D eigenvalue weighted by Crippen LogP contribution is -2.47. The lowest BCUT2D eigenvalue weighted by Gasteiger charge is -2.30. The van der Waals surface area contributed by atoms with Gasteiger partial charge in [0.1, 0.15) is 18.1 Å². The summed E-state index contributed by atoms with van der Waals surface area (Å²) < 4.78 is 23.7. The zero-order valence-corrected chi connectivity index (χ0v) is 20.6. The monoisotopic (exact) mass is 495 g/mol. The van der Waals surface area contributed by atoms with Gasteiger partial charge in [0.15, 0.2) is 0 Å². The van der Waals surface area contributed by atoms with Crippen LogP contribution in [0.4, 0.5) is 14.9 Å². The Morgan fingerprint density at radius 2 is 1.69 bits per heavy atom. The molecule has 0 aliphatic carbocycles. The maximum atomic E-state index is 13.3. The van der Waals surface area contributed by atoms with E-state index in [-0.39, 0.29) is 44.0 Å². The van der Waals surface area contributed by atoms with Gasteiger partial charge in [-0.2, -0.15) is 0 Å². The fourth-order valence-corrected chi connectivity index (χ4v) is 3.47. The Kier molecular flexibility index (Phi) is 9.21. The van der Waals surface area contributed by atoms with Crippen molar-refractivity contribution in [2.75, 3.05) is 18.5 Å². The predicted octanol–water partition coefficient (Wildman–Crippen LogP) is 5.07. The van der Waals surface area contributed by atoms with Crippen molar-refractivity contribution >= 4 is 23.6 Å². The van der Waals surface area contributed by atoms with E-state index in [4.69, 9.17) is 9.15 Å². The van der Waals surface area contributed by atoms with E-state index in [1.54, 1.807) is 60.4 Å². The van der Waals surface area contributed by atoms with Gasteiger partial charge in [0.05, 0.1) is 25.0 Å². The number of rotatable bonds is 10. The highest BCUT2D eigenvalue weighted by Gasteiger charge is 2.24. The standard InChI is InChI=1S/C27H30FN3O5/c1-4-35-26(33)21-9-13-23(14-10-21)29-27(34)31(19(2)3)18-25(32)30(17-24-6-5-15-36-24)16-20-7-11-22(28)12-8-20/h5-15,19H,4,16-18H2,1-3H3,(H,29,34). The van der Waals surface area contributed by atoms with Crippen LogP contribution >= 0.6 is 0 Å². The number of urea groups is 1. The Labute approximate surface area is 209 Å². The molecule has 0 aliphatic heterocycles. The number of anilines is 1. The number of carbonyl (C=O) groups excluding carboxylic acids is 3. The molecular weight excluding hydrogens is 465 g/mol. The molecule has 0 radical (unpaired) electrons. The molecule has 1 N–H and O–H groups in total. The average Bonchev–Trinajstić information content (AvgIpc) is 3.37. The molecular formula is C27H30FN3O5. The van der Waals surface area contributed by atoms with Crippen LogP contribution in [0.5, 0.6) is 0 Å². The van der Waals surface area contributed by atoms with Crippen LogP contribution in [0, 0.1) is 5.82 Å². The number of hydrogen-bond acceptors (Lipinski definition) is 5. The van der Waals surface area contributed by atoms with Crippen LogP contribution < -0.4 is 5.32 Å². The number of furan rings is 1. The quantitative estimate of drug-likeness (QED) is 0.397. The molecule has 0 saturated heterocycles. The van der Waals surface area contributed by atoms with Crippen LogP contribution in [0.25, 0.3) is 0 Å². The van der Waals surface area contributed by atoms with Gasteiger partial charge in [0.2, 0.25) is 5.91 Å². The summed E-state index contributed by atoms with van der Waals surface area (Å²) in [4.78, 5) is 41.2. The van der Waals surface area contributed by atoms with Gasteiger partial charge in [0, 0.05) is 18.3 Å². The number of ether oxygens (including phenoxy) is 1. The lowest BCUT2D eigenvalue weighted by atomic mass is 10.2. The van der Waals surface area contributed by atoms with Gasteiger partial charge in [-0.05, 0) is 74.9 Å². The number of carbonyl (C=O) groups is 3. The average molecular weight is 496 g/mol. The molecule has 0 fully saturated rings. The van der Waals surface area contributed by atoms with Gasteiger partial charge < -0.3 is 24.3 Å². The minimum absolute atomic E-state index is 0.174. The van der Waals surface area contributed by atoms with Crippen molar-refractivity contribution in [2.45, 2.75) is 39.9 Å². The van der Waals surface area contributed by atoms with Crippen molar-refractivity contribution in [3.8, 4) is 0 Å². The molecule has 0 saturated carbocycles. The Bertz CT molecular complexity index is 1150. The molecule has 190 valence electrons. The molecule has 2 aromatic carbocycles. The fraction of sp³-hybridized carbons (Fsp3) is 0.296. The Balaban J connectivity index is 1.71. The topological polar surface area (TPSA) is 92.1 Å². The molecule has 1 aromatic heterocycles. The summed E-state index contributed by atoms with van der Waals surface area (Å²) in [5.74, 6) is -0.506. The second-order valence-electron chi connectivity index (χ2n) is 8.41.